The van der Waals surface area contributed by atoms with Crippen LogP contribution >= 0.6 is 27.5 Å². The van der Waals surface area contributed by atoms with E-state index in [1.165, 1.54) is 6.33 Å². The Bertz CT molecular complexity index is 839. The average molecular weight is 405 g/mol. The molecule has 4 N–H and O–H groups in total. The quantitative estimate of drug-likeness (QED) is 0.568. The number of aromatic nitrogens is 2. The fourth-order valence-corrected chi connectivity index (χ4v) is 2.65. The Labute approximate surface area is 153 Å². The minimum atomic E-state index is 0.464. The van der Waals surface area contributed by atoms with Gasteiger partial charge in [-0.25, -0.2) is 9.97 Å². The first-order chi connectivity index (χ1) is 11.6. The number of nitrogens with zero attached hydrogens (tertiary/aromatic N) is 2. The second kappa shape index (κ2) is 7.51. The molecule has 0 fully saturated rings. The number of rotatable bonds is 5. The highest BCUT2D eigenvalue weighted by atomic mass is 79.9. The lowest BCUT2D eigenvalue weighted by Gasteiger charge is -2.13. The molecule has 3 rings (SSSR count). The van der Waals surface area contributed by atoms with Crippen molar-refractivity contribution in [1.82, 2.24) is 9.97 Å². The van der Waals surface area contributed by atoms with Crippen LogP contribution in [0.25, 0.3) is 0 Å². The highest BCUT2D eigenvalue weighted by Gasteiger charge is 2.08. The van der Waals surface area contributed by atoms with Crippen molar-refractivity contribution in [1.29, 1.82) is 0 Å². The summed E-state index contributed by atoms with van der Waals surface area (Å²) in [6, 6.07) is 15.4. The normalized spacial score (nSPS) is 10.4. The van der Waals surface area contributed by atoms with Crippen LogP contribution in [0.15, 0.2) is 59.3 Å². The summed E-state index contributed by atoms with van der Waals surface area (Å²) in [4.78, 5) is 8.42. The van der Waals surface area contributed by atoms with Gasteiger partial charge in [-0.15, -0.1) is 0 Å². The lowest BCUT2D eigenvalue weighted by Crippen LogP contribution is -2.08. The highest BCUT2D eigenvalue weighted by molar-refractivity contribution is 9.10. The monoisotopic (exact) mass is 403 g/mol. The summed E-state index contributed by atoms with van der Waals surface area (Å²) in [6.45, 7) is 0.592. The third kappa shape index (κ3) is 4.15. The van der Waals surface area contributed by atoms with Gasteiger partial charge in [0.1, 0.15) is 12.0 Å². The predicted octanol–water partition coefficient (Wildman–Crippen LogP) is 4.83. The van der Waals surface area contributed by atoms with Gasteiger partial charge < -0.3 is 16.4 Å². The van der Waals surface area contributed by atoms with E-state index in [0.717, 1.165) is 15.7 Å². The van der Waals surface area contributed by atoms with Gasteiger partial charge in [0.05, 0.1) is 0 Å². The van der Waals surface area contributed by atoms with Crippen molar-refractivity contribution < 1.29 is 0 Å². The first kappa shape index (κ1) is 16.5. The summed E-state index contributed by atoms with van der Waals surface area (Å²) in [6.07, 6.45) is 1.47. The van der Waals surface area contributed by atoms with E-state index in [2.05, 4.69) is 36.5 Å². The molecule has 0 aliphatic carbocycles. The van der Waals surface area contributed by atoms with E-state index < -0.39 is 0 Å². The van der Waals surface area contributed by atoms with Crippen molar-refractivity contribution in [2.24, 2.45) is 0 Å². The number of nitrogens with two attached hydrogens (primary N) is 1. The molecule has 0 amide bonds. The second-order valence-electron chi connectivity index (χ2n) is 5.10. The second-order valence-corrected chi connectivity index (χ2v) is 6.45. The Morgan fingerprint density at radius 3 is 2.54 bits per heavy atom. The Balaban J connectivity index is 1.74. The smallest absolute Gasteiger partial charge is 0.159 e. The van der Waals surface area contributed by atoms with Crippen LogP contribution in [-0.2, 0) is 6.54 Å². The fraction of sp³-hybridized carbons (Fsp3) is 0.0588. The Hall–Kier alpha value is -2.31. The van der Waals surface area contributed by atoms with Crippen molar-refractivity contribution in [2.75, 3.05) is 16.4 Å². The van der Waals surface area contributed by atoms with E-state index in [9.17, 15) is 0 Å². The van der Waals surface area contributed by atoms with E-state index in [1.807, 2.05) is 48.5 Å². The molecule has 0 unspecified atom stereocenters. The Morgan fingerprint density at radius 1 is 1.04 bits per heavy atom. The largest absolute Gasteiger partial charge is 0.393 e. The molecule has 2 aromatic carbocycles. The fourth-order valence-electron chi connectivity index (χ4n) is 2.13. The average Bonchev–Trinajstić information content (AvgIpc) is 2.57. The van der Waals surface area contributed by atoms with Crippen molar-refractivity contribution in [3.63, 3.8) is 0 Å². The maximum Gasteiger partial charge on any atom is 0.159 e. The molecule has 0 atom stereocenters. The SMILES string of the molecule is Nc1c(NCc2ccc(Cl)cc2)ncnc1Nc1cccc(Br)c1. The number of halogens is 2. The molecule has 0 bridgehead atoms. The molecule has 0 aliphatic heterocycles. The first-order valence-corrected chi connectivity index (χ1v) is 8.40. The van der Waals surface area contributed by atoms with Crippen molar-refractivity contribution >= 4 is 50.5 Å². The molecule has 24 heavy (non-hydrogen) atoms. The van der Waals surface area contributed by atoms with Gasteiger partial charge >= 0.3 is 0 Å². The van der Waals surface area contributed by atoms with E-state index in [0.29, 0.717) is 28.9 Å². The minimum Gasteiger partial charge on any atom is -0.393 e. The summed E-state index contributed by atoms with van der Waals surface area (Å²) in [5.41, 5.74) is 8.61. The van der Waals surface area contributed by atoms with Gasteiger partial charge in [-0.1, -0.05) is 45.7 Å². The van der Waals surface area contributed by atoms with E-state index in [-0.39, 0.29) is 0 Å². The molecule has 0 spiro atoms. The standard InChI is InChI=1S/C17H15BrClN5/c18-12-2-1-3-14(8-12)24-17-15(20)16(22-10-23-17)21-9-11-4-6-13(19)7-5-11/h1-8,10H,9,20H2,(H2,21,22,23,24). The van der Waals surface area contributed by atoms with Gasteiger partial charge in [0.15, 0.2) is 11.6 Å². The minimum absolute atomic E-state index is 0.464. The van der Waals surface area contributed by atoms with Crippen LogP contribution in [0.2, 0.25) is 5.02 Å². The third-order valence-electron chi connectivity index (χ3n) is 3.34. The van der Waals surface area contributed by atoms with Crippen LogP contribution in [0, 0.1) is 0 Å². The predicted molar refractivity (Wildman–Crippen MR) is 103 cm³/mol. The van der Waals surface area contributed by atoms with Crippen molar-refractivity contribution in [3.05, 3.63) is 69.9 Å². The molecule has 1 heterocycles. The van der Waals surface area contributed by atoms with Crippen molar-refractivity contribution in [2.45, 2.75) is 6.54 Å². The third-order valence-corrected chi connectivity index (χ3v) is 4.09. The summed E-state index contributed by atoms with van der Waals surface area (Å²) < 4.78 is 0.973. The summed E-state index contributed by atoms with van der Waals surface area (Å²) in [7, 11) is 0. The van der Waals surface area contributed by atoms with Gasteiger partial charge in [-0.2, -0.15) is 0 Å². The number of benzene rings is 2. The van der Waals surface area contributed by atoms with Crippen LogP contribution in [0.5, 0.6) is 0 Å². The summed E-state index contributed by atoms with van der Waals surface area (Å²) in [5.74, 6) is 1.14. The summed E-state index contributed by atoms with van der Waals surface area (Å²) >= 11 is 9.33. The van der Waals surface area contributed by atoms with E-state index in [4.69, 9.17) is 17.3 Å². The molecule has 1 aromatic heterocycles. The van der Waals surface area contributed by atoms with Gasteiger partial charge in [0.25, 0.3) is 0 Å². The summed E-state index contributed by atoms with van der Waals surface area (Å²) in [5, 5.41) is 7.12. The van der Waals surface area contributed by atoms with Crippen LogP contribution in [0.4, 0.5) is 23.0 Å². The number of nitrogens with one attached hydrogen (secondary N) is 2. The van der Waals surface area contributed by atoms with E-state index >= 15 is 0 Å². The number of hydrogen-bond acceptors (Lipinski definition) is 5. The molecule has 0 saturated heterocycles. The zero-order chi connectivity index (χ0) is 16.9. The molecular weight excluding hydrogens is 390 g/mol. The van der Waals surface area contributed by atoms with Gasteiger partial charge in [-0.05, 0) is 35.9 Å². The van der Waals surface area contributed by atoms with Gasteiger partial charge in [0, 0.05) is 21.7 Å². The lowest BCUT2D eigenvalue weighted by molar-refractivity contribution is 1.09. The number of hydrogen-bond donors (Lipinski definition) is 3. The molecular formula is C17H15BrClN5. The van der Waals surface area contributed by atoms with Crippen LogP contribution in [0.1, 0.15) is 5.56 Å². The molecule has 0 saturated carbocycles. The molecule has 5 nitrogen and oxygen atoms in total. The van der Waals surface area contributed by atoms with Crippen molar-refractivity contribution in [3.8, 4) is 0 Å². The zero-order valence-corrected chi connectivity index (χ0v) is 15.0. The topological polar surface area (TPSA) is 75.9 Å². The molecule has 0 aliphatic rings. The zero-order valence-electron chi connectivity index (χ0n) is 12.6. The molecule has 7 heteroatoms. The highest BCUT2D eigenvalue weighted by Crippen LogP contribution is 2.27. The number of anilines is 4. The Kier molecular flexibility index (Phi) is 5.17. The van der Waals surface area contributed by atoms with Crippen LogP contribution < -0.4 is 16.4 Å². The van der Waals surface area contributed by atoms with Gasteiger partial charge in [-0.3, -0.25) is 0 Å². The molecule has 0 radical (unpaired) electrons. The van der Waals surface area contributed by atoms with Crippen LogP contribution in [-0.4, -0.2) is 9.97 Å². The maximum atomic E-state index is 6.17. The molecule has 3 aromatic rings. The van der Waals surface area contributed by atoms with Crippen LogP contribution in [0.3, 0.4) is 0 Å². The number of nitrogen functional groups attached to an aromatic ring is 1. The first-order valence-electron chi connectivity index (χ1n) is 7.23. The Morgan fingerprint density at radius 2 is 1.79 bits per heavy atom. The van der Waals surface area contributed by atoms with E-state index in [1.54, 1.807) is 0 Å². The van der Waals surface area contributed by atoms with Gasteiger partial charge in [0.2, 0.25) is 0 Å². The maximum absolute atomic E-state index is 6.17. The molecule has 122 valence electrons. The lowest BCUT2D eigenvalue weighted by atomic mass is 10.2.